The second kappa shape index (κ2) is 4.96. The lowest BCUT2D eigenvalue weighted by molar-refractivity contribution is 0.259. The predicted octanol–water partition coefficient (Wildman–Crippen LogP) is 2.81. The van der Waals surface area contributed by atoms with Gasteiger partial charge in [0, 0.05) is 17.2 Å². The van der Waals surface area contributed by atoms with Gasteiger partial charge in [0.2, 0.25) is 0 Å². The summed E-state index contributed by atoms with van der Waals surface area (Å²) in [5, 5.41) is 0. The predicted molar refractivity (Wildman–Crippen MR) is 68.6 cm³/mol. The van der Waals surface area contributed by atoms with Gasteiger partial charge in [0.05, 0.1) is 14.2 Å². The molecule has 1 atom stereocenters. The van der Waals surface area contributed by atoms with Gasteiger partial charge in [0.1, 0.15) is 11.5 Å². The van der Waals surface area contributed by atoms with Gasteiger partial charge in [-0.2, -0.15) is 0 Å². The van der Waals surface area contributed by atoms with Crippen LogP contribution in [0.1, 0.15) is 36.4 Å². The molecule has 2 rings (SSSR count). The third kappa shape index (κ3) is 2.12. The van der Waals surface area contributed by atoms with Crippen molar-refractivity contribution < 1.29 is 9.47 Å². The van der Waals surface area contributed by atoms with Crippen molar-refractivity contribution in [3.63, 3.8) is 0 Å². The number of hydrogen-bond donors (Lipinski definition) is 1. The van der Waals surface area contributed by atoms with E-state index in [2.05, 4.69) is 0 Å². The lowest BCUT2D eigenvalue weighted by Gasteiger charge is -2.32. The summed E-state index contributed by atoms with van der Waals surface area (Å²) in [5.74, 6) is 2.34. The molecule has 0 bridgehead atoms. The molecule has 1 saturated carbocycles. The van der Waals surface area contributed by atoms with Crippen molar-refractivity contribution in [2.75, 3.05) is 14.2 Å². The number of methoxy groups -OCH3 is 2. The van der Waals surface area contributed by atoms with Crippen molar-refractivity contribution in [2.45, 2.75) is 32.2 Å². The largest absolute Gasteiger partial charge is 0.496 e. The van der Waals surface area contributed by atoms with Crippen molar-refractivity contribution in [1.29, 1.82) is 0 Å². The minimum Gasteiger partial charge on any atom is -0.496 e. The minimum atomic E-state index is 0.0864. The van der Waals surface area contributed by atoms with Gasteiger partial charge < -0.3 is 15.2 Å². The fraction of sp³-hybridized carbons (Fsp3) is 0.571. The number of hydrogen-bond acceptors (Lipinski definition) is 3. The number of rotatable bonds is 4. The van der Waals surface area contributed by atoms with Crippen molar-refractivity contribution in [3.8, 4) is 11.5 Å². The van der Waals surface area contributed by atoms with Crippen LogP contribution in [-0.2, 0) is 0 Å². The zero-order valence-corrected chi connectivity index (χ0v) is 10.8. The summed E-state index contributed by atoms with van der Waals surface area (Å²) in [6.07, 6.45) is 3.76. The van der Waals surface area contributed by atoms with Crippen molar-refractivity contribution >= 4 is 0 Å². The molecule has 3 nitrogen and oxygen atoms in total. The topological polar surface area (TPSA) is 44.5 Å². The first-order valence-corrected chi connectivity index (χ1v) is 6.16. The van der Waals surface area contributed by atoms with Crippen LogP contribution in [0.5, 0.6) is 11.5 Å². The minimum absolute atomic E-state index is 0.0864. The van der Waals surface area contributed by atoms with E-state index in [1.165, 1.54) is 19.3 Å². The molecule has 0 aliphatic heterocycles. The van der Waals surface area contributed by atoms with Crippen LogP contribution in [0.4, 0.5) is 0 Å². The maximum Gasteiger partial charge on any atom is 0.130 e. The third-order valence-electron chi connectivity index (χ3n) is 3.83. The Morgan fingerprint density at radius 2 is 1.94 bits per heavy atom. The summed E-state index contributed by atoms with van der Waals surface area (Å²) >= 11 is 0. The Labute approximate surface area is 103 Å². The first kappa shape index (κ1) is 12.2. The summed E-state index contributed by atoms with van der Waals surface area (Å²) in [7, 11) is 3.37. The van der Waals surface area contributed by atoms with E-state index in [1.807, 2.05) is 19.1 Å². The van der Waals surface area contributed by atoms with E-state index >= 15 is 0 Å². The van der Waals surface area contributed by atoms with Gasteiger partial charge >= 0.3 is 0 Å². The van der Waals surface area contributed by atoms with E-state index in [0.29, 0.717) is 5.92 Å². The first-order chi connectivity index (χ1) is 8.19. The molecule has 2 N–H and O–H groups in total. The second-order valence-corrected chi connectivity index (χ2v) is 4.73. The van der Waals surface area contributed by atoms with E-state index < -0.39 is 0 Å². The van der Waals surface area contributed by atoms with Gasteiger partial charge in [0.15, 0.2) is 0 Å². The highest BCUT2D eigenvalue weighted by molar-refractivity contribution is 5.50. The van der Waals surface area contributed by atoms with Crippen molar-refractivity contribution in [1.82, 2.24) is 0 Å². The Morgan fingerprint density at radius 3 is 2.41 bits per heavy atom. The molecule has 0 saturated heterocycles. The lowest BCUT2D eigenvalue weighted by Crippen LogP contribution is -2.27. The van der Waals surface area contributed by atoms with Crippen LogP contribution in [0.2, 0.25) is 0 Å². The Morgan fingerprint density at radius 1 is 1.24 bits per heavy atom. The molecule has 3 heteroatoms. The molecule has 0 heterocycles. The van der Waals surface area contributed by atoms with Gasteiger partial charge in [-0.1, -0.05) is 12.5 Å². The molecule has 0 radical (unpaired) electrons. The maximum absolute atomic E-state index is 6.32. The normalized spacial score (nSPS) is 17.4. The van der Waals surface area contributed by atoms with E-state index in [0.717, 1.165) is 22.6 Å². The van der Waals surface area contributed by atoms with Gasteiger partial charge in [-0.05, 0) is 31.7 Å². The van der Waals surface area contributed by atoms with Crippen LogP contribution in [0.25, 0.3) is 0 Å². The van der Waals surface area contributed by atoms with Crippen LogP contribution in [0, 0.1) is 12.8 Å². The molecular formula is C14H21NO2. The van der Waals surface area contributed by atoms with Crippen LogP contribution < -0.4 is 15.2 Å². The lowest BCUT2D eigenvalue weighted by atomic mass is 9.77. The highest BCUT2D eigenvalue weighted by Gasteiger charge is 2.28. The van der Waals surface area contributed by atoms with Gasteiger partial charge in [-0.25, -0.2) is 0 Å². The van der Waals surface area contributed by atoms with Crippen LogP contribution in [-0.4, -0.2) is 14.2 Å². The van der Waals surface area contributed by atoms with Crippen LogP contribution >= 0.6 is 0 Å². The maximum atomic E-state index is 6.32. The Balaban J connectivity index is 2.35. The summed E-state index contributed by atoms with van der Waals surface area (Å²) in [5.41, 5.74) is 8.45. The Kier molecular flexibility index (Phi) is 3.57. The quantitative estimate of drug-likeness (QED) is 0.872. The molecule has 1 fully saturated rings. The molecular weight excluding hydrogens is 214 g/mol. The second-order valence-electron chi connectivity index (χ2n) is 4.73. The average molecular weight is 235 g/mol. The Hall–Kier alpha value is -1.22. The smallest absolute Gasteiger partial charge is 0.130 e. The molecule has 0 spiro atoms. The highest BCUT2D eigenvalue weighted by atomic mass is 16.5. The molecule has 17 heavy (non-hydrogen) atoms. The number of nitrogens with two attached hydrogens (primary N) is 1. The van der Waals surface area contributed by atoms with Gasteiger partial charge in [0.25, 0.3) is 0 Å². The molecule has 0 aromatic heterocycles. The third-order valence-corrected chi connectivity index (χ3v) is 3.83. The Bertz CT molecular complexity index is 399. The van der Waals surface area contributed by atoms with Crippen LogP contribution in [0.3, 0.4) is 0 Å². The molecule has 1 aromatic rings. The average Bonchev–Trinajstić information content (AvgIpc) is 2.26. The van der Waals surface area contributed by atoms with Crippen molar-refractivity contribution in [2.24, 2.45) is 11.7 Å². The number of ether oxygens (including phenoxy) is 2. The summed E-state index contributed by atoms with van der Waals surface area (Å²) < 4.78 is 10.8. The van der Waals surface area contributed by atoms with E-state index in [9.17, 15) is 0 Å². The fourth-order valence-corrected chi connectivity index (χ4v) is 2.50. The summed E-state index contributed by atoms with van der Waals surface area (Å²) in [4.78, 5) is 0. The van der Waals surface area contributed by atoms with E-state index in [-0.39, 0.29) is 6.04 Å². The zero-order valence-electron chi connectivity index (χ0n) is 10.8. The van der Waals surface area contributed by atoms with Gasteiger partial charge in [-0.15, -0.1) is 0 Å². The van der Waals surface area contributed by atoms with E-state index in [4.69, 9.17) is 15.2 Å². The van der Waals surface area contributed by atoms with Gasteiger partial charge in [-0.3, -0.25) is 0 Å². The van der Waals surface area contributed by atoms with E-state index in [1.54, 1.807) is 14.2 Å². The monoisotopic (exact) mass is 235 g/mol. The molecule has 1 unspecified atom stereocenters. The highest BCUT2D eigenvalue weighted by Crippen LogP contribution is 2.41. The molecule has 1 aromatic carbocycles. The molecule has 0 amide bonds. The zero-order chi connectivity index (χ0) is 12.4. The summed E-state index contributed by atoms with van der Waals surface area (Å²) in [6, 6.07) is 4.10. The molecule has 1 aliphatic carbocycles. The van der Waals surface area contributed by atoms with Crippen LogP contribution in [0.15, 0.2) is 12.1 Å². The summed E-state index contributed by atoms with van der Waals surface area (Å²) in [6.45, 7) is 2.01. The first-order valence-electron chi connectivity index (χ1n) is 6.16. The van der Waals surface area contributed by atoms with Crippen molar-refractivity contribution in [3.05, 3.63) is 23.3 Å². The molecule has 94 valence electrons. The molecule has 1 aliphatic rings. The standard InChI is InChI=1S/C14H21NO2/c1-9-12(16-2)8-7-11(14(9)17-3)13(15)10-5-4-6-10/h7-8,10,13H,4-6,15H2,1-3H3. The fourth-order valence-electron chi connectivity index (χ4n) is 2.50. The number of benzene rings is 1. The SMILES string of the molecule is COc1ccc(C(N)C2CCC2)c(OC)c1C.